The lowest BCUT2D eigenvalue weighted by Crippen LogP contribution is -2.11. The first-order chi connectivity index (χ1) is 5.20. The molecule has 0 spiro atoms. The summed E-state index contributed by atoms with van der Waals surface area (Å²) in [6.45, 7) is 1.30. The number of Topliss-reactive ketones (excluding diaryl/α,β-unsaturated/α-hetero) is 2. The van der Waals surface area contributed by atoms with Crippen LogP contribution in [0.4, 0.5) is 0 Å². The van der Waals surface area contributed by atoms with E-state index in [1.165, 1.54) is 18.3 Å². The van der Waals surface area contributed by atoms with Gasteiger partial charge in [0.2, 0.25) is 5.78 Å². The topological polar surface area (TPSA) is 34.1 Å². The summed E-state index contributed by atoms with van der Waals surface area (Å²) in [7, 11) is 0. The highest BCUT2D eigenvalue weighted by Gasteiger charge is 2.07. The van der Waals surface area contributed by atoms with Crippen LogP contribution in [0, 0.1) is 0 Å². The Labute approximate surface area is 68.9 Å². The summed E-state index contributed by atoms with van der Waals surface area (Å²) >= 11 is 1.53. The molecule has 11 heavy (non-hydrogen) atoms. The van der Waals surface area contributed by atoms with Crippen LogP contribution in [0.15, 0.2) is 16.8 Å². The molecule has 0 saturated carbocycles. The maximum Gasteiger partial charge on any atom is 0.202 e. The van der Waals surface area contributed by atoms with Crippen molar-refractivity contribution in [2.45, 2.75) is 13.3 Å². The molecular formula is C8H8O2S. The standard InChI is InChI=1S/C8H8O2S/c1-6(9)8(10)4-7-2-3-11-5-7/h2-3,5H,4H2,1H3. The quantitative estimate of drug-likeness (QED) is 0.640. The number of hydrogen-bond acceptors (Lipinski definition) is 3. The third-order valence-electron chi connectivity index (χ3n) is 1.34. The molecule has 0 fully saturated rings. The normalized spacial score (nSPS) is 9.55. The van der Waals surface area contributed by atoms with Crippen LogP contribution in [0.3, 0.4) is 0 Å². The second kappa shape index (κ2) is 3.44. The lowest BCUT2D eigenvalue weighted by molar-refractivity contribution is -0.134. The van der Waals surface area contributed by atoms with Crippen LogP contribution in [0.5, 0.6) is 0 Å². The Hall–Kier alpha value is -0.960. The minimum absolute atomic E-state index is 0.249. The summed E-state index contributed by atoms with van der Waals surface area (Å²) in [5, 5.41) is 3.77. The van der Waals surface area contributed by atoms with E-state index in [-0.39, 0.29) is 18.0 Å². The van der Waals surface area contributed by atoms with Crippen LogP contribution < -0.4 is 0 Å². The number of ketones is 2. The molecule has 0 aliphatic rings. The highest BCUT2D eigenvalue weighted by molar-refractivity contribution is 7.08. The average molecular weight is 168 g/mol. The molecule has 0 saturated heterocycles. The molecule has 0 amide bonds. The number of hydrogen-bond donors (Lipinski definition) is 0. The van der Waals surface area contributed by atoms with Crippen molar-refractivity contribution >= 4 is 22.9 Å². The molecule has 0 aliphatic carbocycles. The zero-order chi connectivity index (χ0) is 8.27. The molecule has 1 heterocycles. The van der Waals surface area contributed by atoms with Gasteiger partial charge in [-0.3, -0.25) is 9.59 Å². The second-order valence-electron chi connectivity index (χ2n) is 2.29. The first-order valence-electron chi connectivity index (χ1n) is 3.25. The fraction of sp³-hybridized carbons (Fsp3) is 0.250. The van der Waals surface area contributed by atoms with Crippen LogP contribution in [-0.4, -0.2) is 11.6 Å². The van der Waals surface area contributed by atoms with Crippen molar-refractivity contribution in [2.75, 3.05) is 0 Å². The Morgan fingerprint density at radius 2 is 2.27 bits per heavy atom. The van der Waals surface area contributed by atoms with Gasteiger partial charge in [0, 0.05) is 13.3 Å². The van der Waals surface area contributed by atoms with Crippen LogP contribution in [0.25, 0.3) is 0 Å². The third kappa shape index (κ3) is 2.27. The molecule has 1 aromatic rings. The van der Waals surface area contributed by atoms with Crippen molar-refractivity contribution in [3.63, 3.8) is 0 Å². The van der Waals surface area contributed by atoms with Crippen molar-refractivity contribution in [3.05, 3.63) is 22.4 Å². The third-order valence-corrected chi connectivity index (χ3v) is 2.07. The Kier molecular flexibility index (Phi) is 2.54. The van der Waals surface area contributed by atoms with Gasteiger partial charge in [-0.15, -0.1) is 0 Å². The van der Waals surface area contributed by atoms with Crippen LogP contribution in [-0.2, 0) is 16.0 Å². The SMILES string of the molecule is CC(=O)C(=O)Cc1ccsc1. The molecular weight excluding hydrogens is 160 g/mol. The number of carbonyl (C=O) groups is 2. The average Bonchev–Trinajstić information content (AvgIpc) is 2.39. The number of thiophene rings is 1. The summed E-state index contributed by atoms with van der Waals surface area (Å²) in [4.78, 5) is 21.4. The molecule has 58 valence electrons. The molecule has 2 nitrogen and oxygen atoms in total. The van der Waals surface area contributed by atoms with Gasteiger partial charge in [0.1, 0.15) is 0 Å². The first kappa shape index (κ1) is 8.14. The van der Waals surface area contributed by atoms with Gasteiger partial charge in [0.05, 0.1) is 0 Å². The van der Waals surface area contributed by atoms with E-state index in [2.05, 4.69) is 0 Å². The second-order valence-corrected chi connectivity index (χ2v) is 3.07. The minimum Gasteiger partial charge on any atom is -0.291 e. The Morgan fingerprint density at radius 3 is 2.73 bits per heavy atom. The van der Waals surface area contributed by atoms with Crippen LogP contribution >= 0.6 is 11.3 Å². The Balaban J connectivity index is 2.57. The predicted molar refractivity (Wildman–Crippen MR) is 43.7 cm³/mol. The highest BCUT2D eigenvalue weighted by Crippen LogP contribution is 2.06. The number of rotatable bonds is 3. The minimum atomic E-state index is -0.365. The molecule has 0 N–H and O–H groups in total. The molecule has 0 atom stereocenters. The maximum absolute atomic E-state index is 10.9. The van der Waals surface area contributed by atoms with Crippen molar-refractivity contribution in [3.8, 4) is 0 Å². The molecule has 1 aromatic heterocycles. The summed E-state index contributed by atoms with van der Waals surface area (Å²) < 4.78 is 0. The van der Waals surface area contributed by atoms with Gasteiger partial charge in [-0.05, 0) is 22.4 Å². The van der Waals surface area contributed by atoms with Crippen molar-refractivity contribution in [2.24, 2.45) is 0 Å². The molecule has 0 aromatic carbocycles. The van der Waals surface area contributed by atoms with Crippen molar-refractivity contribution < 1.29 is 9.59 Å². The van der Waals surface area contributed by atoms with E-state index in [4.69, 9.17) is 0 Å². The van der Waals surface area contributed by atoms with Gasteiger partial charge in [0.25, 0.3) is 0 Å². The van der Waals surface area contributed by atoms with E-state index >= 15 is 0 Å². The van der Waals surface area contributed by atoms with E-state index in [0.29, 0.717) is 0 Å². The summed E-state index contributed by atoms with van der Waals surface area (Å²) in [6.07, 6.45) is 0.249. The molecule has 0 bridgehead atoms. The van der Waals surface area contributed by atoms with Crippen molar-refractivity contribution in [1.82, 2.24) is 0 Å². The van der Waals surface area contributed by atoms with Gasteiger partial charge in [-0.2, -0.15) is 11.3 Å². The van der Waals surface area contributed by atoms with Crippen LogP contribution in [0.2, 0.25) is 0 Å². The smallest absolute Gasteiger partial charge is 0.202 e. The molecule has 0 unspecified atom stereocenters. The molecule has 1 rings (SSSR count). The summed E-state index contributed by atoms with van der Waals surface area (Å²) in [5.74, 6) is -0.681. The Bertz CT molecular complexity index is 262. The van der Waals surface area contributed by atoms with Gasteiger partial charge in [0.15, 0.2) is 5.78 Å². The number of carbonyl (C=O) groups excluding carboxylic acids is 2. The van der Waals surface area contributed by atoms with Crippen molar-refractivity contribution in [1.29, 1.82) is 0 Å². The highest BCUT2D eigenvalue weighted by atomic mass is 32.1. The van der Waals surface area contributed by atoms with Gasteiger partial charge < -0.3 is 0 Å². The summed E-state index contributed by atoms with van der Waals surface area (Å²) in [5.41, 5.74) is 0.926. The zero-order valence-corrected chi connectivity index (χ0v) is 6.98. The van der Waals surface area contributed by atoms with E-state index in [1.54, 1.807) is 0 Å². The van der Waals surface area contributed by atoms with Gasteiger partial charge in [-0.1, -0.05) is 0 Å². The lowest BCUT2D eigenvalue weighted by Gasteiger charge is -1.90. The molecule has 0 aliphatic heterocycles. The molecule has 3 heteroatoms. The fourth-order valence-corrected chi connectivity index (χ4v) is 1.37. The monoisotopic (exact) mass is 168 g/mol. The van der Waals surface area contributed by atoms with E-state index in [0.717, 1.165) is 5.56 Å². The van der Waals surface area contributed by atoms with E-state index in [9.17, 15) is 9.59 Å². The summed E-state index contributed by atoms with van der Waals surface area (Å²) in [6, 6.07) is 1.85. The molecule has 0 radical (unpaired) electrons. The maximum atomic E-state index is 10.9. The van der Waals surface area contributed by atoms with Gasteiger partial charge in [-0.25, -0.2) is 0 Å². The fourth-order valence-electron chi connectivity index (χ4n) is 0.703. The lowest BCUT2D eigenvalue weighted by atomic mass is 10.1. The first-order valence-corrected chi connectivity index (χ1v) is 4.19. The van der Waals surface area contributed by atoms with Crippen LogP contribution in [0.1, 0.15) is 12.5 Å². The van der Waals surface area contributed by atoms with E-state index in [1.807, 2.05) is 16.8 Å². The van der Waals surface area contributed by atoms with Gasteiger partial charge >= 0.3 is 0 Å². The zero-order valence-electron chi connectivity index (χ0n) is 6.16. The Morgan fingerprint density at radius 1 is 1.55 bits per heavy atom. The predicted octanol–water partition coefficient (Wildman–Crippen LogP) is 1.45. The largest absolute Gasteiger partial charge is 0.291 e. The van der Waals surface area contributed by atoms with E-state index < -0.39 is 0 Å².